The summed E-state index contributed by atoms with van der Waals surface area (Å²) in [5, 5.41) is 4.69. The molecule has 48 heavy (non-hydrogen) atoms. The van der Waals surface area contributed by atoms with Crippen LogP contribution < -0.4 is 9.80 Å². The lowest BCUT2D eigenvalue weighted by Gasteiger charge is -2.30. The van der Waals surface area contributed by atoms with Crippen molar-refractivity contribution in [3.8, 4) is 0 Å². The van der Waals surface area contributed by atoms with Crippen LogP contribution in [0.4, 0.5) is 34.1 Å². The summed E-state index contributed by atoms with van der Waals surface area (Å²) in [6.07, 6.45) is 0. The molecule has 0 unspecified atom stereocenters. The van der Waals surface area contributed by atoms with Crippen molar-refractivity contribution in [1.29, 1.82) is 0 Å². The Hall–Kier alpha value is -6.52. The van der Waals surface area contributed by atoms with Crippen molar-refractivity contribution in [3.05, 3.63) is 182 Å². The number of hydrogen-bond acceptors (Lipinski definition) is 4. The smallest absolute Gasteiger partial charge is 0.116 e. The molecule has 0 radical (unpaired) electrons. The first-order chi connectivity index (χ1) is 23.8. The first kappa shape index (κ1) is 27.8. The minimum Gasteiger partial charge on any atom is -0.308 e. The van der Waals surface area contributed by atoms with Gasteiger partial charge in [0.05, 0.1) is 33.8 Å². The van der Waals surface area contributed by atoms with E-state index in [1.807, 2.05) is 24.3 Å². The lowest BCUT2D eigenvalue weighted by atomic mass is 10.0. The van der Waals surface area contributed by atoms with Crippen molar-refractivity contribution in [3.63, 3.8) is 0 Å². The number of anilines is 6. The van der Waals surface area contributed by atoms with Gasteiger partial charge >= 0.3 is 0 Å². The summed E-state index contributed by atoms with van der Waals surface area (Å²) in [6, 6.07) is 63.7. The molecule has 226 valence electrons. The zero-order valence-corrected chi connectivity index (χ0v) is 26.1. The van der Waals surface area contributed by atoms with E-state index in [1.54, 1.807) is 0 Å². The number of aromatic nitrogens is 2. The summed E-state index contributed by atoms with van der Waals surface area (Å²) in [5.74, 6) is 0. The fourth-order valence-electron chi connectivity index (χ4n) is 6.81. The third-order valence-electron chi connectivity index (χ3n) is 8.98. The maximum atomic E-state index is 5.39. The monoisotopic (exact) mass is 614 g/mol. The van der Waals surface area contributed by atoms with Crippen LogP contribution in [0, 0.1) is 0 Å². The second-order valence-electron chi connectivity index (χ2n) is 11.9. The van der Waals surface area contributed by atoms with Crippen LogP contribution in [0.15, 0.2) is 182 Å². The topological polar surface area (TPSA) is 32.3 Å². The number of fused-ring (bicyclic) bond motifs is 4. The van der Waals surface area contributed by atoms with Gasteiger partial charge in [-0.2, -0.15) is 0 Å². The number of para-hydroxylation sites is 4. The van der Waals surface area contributed by atoms with E-state index in [4.69, 9.17) is 9.97 Å². The Balaban J connectivity index is 1.38. The minimum atomic E-state index is 0.823. The van der Waals surface area contributed by atoms with E-state index in [0.717, 1.165) is 67.0 Å². The molecule has 0 aliphatic rings. The van der Waals surface area contributed by atoms with Crippen molar-refractivity contribution in [2.45, 2.75) is 0 Å². The summed E-state index contributed by atoms with van der Waals surface area (Å²) >= 11 is 0. The second-order valence-corrected chi connectivity index (χ2v) is 11.9. The molecule has 0 amide bonds. The Kier molecular flexibility index (Phi) is 6.76. The average Bonchev–Trinajstić information content (AvgIpc) is 3.16. The fraction of sp³-hybridized carbons (Fsp3) is 0. The lowest BCUT2D eigenvalue weighted by molar-refractivity contribution is 1.26. The quantitative estimate of drug-likeness (QED) is 0.174. The van der Waals surface area contributed by atoms with Gasteiger partial charge in [0.15, 0.2) is 0 Å². The predicted molar refractivity (Wildman–Crippen MR) is 201 cm³/mol. The molecule has 8 aromatic carbocycles. The molecule has 0 fully saturated rings. The first-order valence-electron chi connectivity index (χ1n) is 16.2. The molecule has 0 saturated carbocycles. The third-order valence-corrected chi connectivity index (χ3v) is 8.98. The predicted octanol–water partition coefficient (Wildman–Crippen LogP) is 12.0. The van der Waals surface area contributed by atoms with Crippen LogP contribution >= 0.6 is 0 Å². The number of rotatable bonds is 6. The maximum absolute atomic E-state index is 5.39. The molecular formula is C44H30N4. The molecule has 4 nitrogen and oxygen atoms in total. The van der Waals surface area contributed by atoms with E-state index in [0.29, 0.717) is 0 Å². The van der Waals surface area contributed by atoms with Crippen molar-refractivity contribution in [2.24, 2.45) is 0 Å². The molecule has 9 rings (SSSR count). The van der Waals surface area contributed by atoms with Crippen LogP contribution in [0.2, 0.25) is 0 Å². The molecule has 0 atom stereocenters. The van der Waals surface area contributed by atoms with Crippen LogP contribution in [0.5, 0.6) is 0 Å². The number of nitrogens with zero attached hydrogens (tertiary/aromatic N) is 4. The van der Waals surface area contributed by atoms with E-state index in [-0.39, 0.29) is 0 Å². The molecule has 1 heterocycles. The summed E-state index contributed by atoms with van der Waals surface area (Å²) in [7, 11) is 0. The van der Waals surface area contributed by atoms with Gasteiger partial charge in [0, 0.05) is 22.1 Å². The van der Waals surface area contributed by atoms with Gasteiger partial charge < -0.3 is 9.80 Å². The van der Waals surface area contributed by atoms with Gasteiger partial charge in [-0.25, -0.2) is 9.97 Å². The van der Waals surface area contributed by atoms with Crippen molar-refractivity contribution in [1.82, 2.24) is 9.97 Å². The SMILES string of the molecule is c1ccc(N(c2cccc3ccccc23)c2ccc(N(c3ccccc3)c3cccc4ccccc34)c3nc4ccccc4nc23)cc1. The van der Waals surface area contributed by atoms with Gasteiger partial charge in [-0.3, -0.25) is 0 Å². The van der Waals surface area contributed by atoms with Gasteiger partial charge in [0.1, 0.15) is 11.0 Å². The highest BCUT2D eigenvalue weighted by Crippen LogP contribution is 2.46. The fourth-order valence-corrected chi connectivity index (χ4v) is 6.81. The Bertz CT molecular complexity index is 2390. The Morgan fingerprint density at radius 3 is 1.12 bits per heavy atom. The molecule has 0 saturated heterocycles. The molecule has 9 aromatic rings. The molecular weight excluding hydrogens is 585 g/mol. The van der Waals surface area contributed by atoms with Crippen molar-refractivity contribution < 1.29 is 0 Å². The van der Waals surface area contributed by atoms with Crippen LogP contribution in [0.25, 0.3) is 43.6 Å². The molecule has 1 aromatic heterocycles. The highest BCUT2D eigenvalue weighted by Gasteiger charge is 2.24. The normalized spacial score (nSPS) is 11.3. The minimum absolute atomic E-state index is 0.823. The highest BCUT2D eigenvalue weighted by molar-refractivity contribution is 6.10. The molecule has 0 N–H and O–H groups in total. The summed E-state index contributed by atoms with van der Waals surface area (Å²) in [4.78, 5) is 15.4. The number of hydrogen-bond donors (Lipinski definition) is 0. The summed E-state index contributed by atoms with van der Waals surface area (Å²) in [6.45, 7) is 0. The van der Waals surface area contributed by atoms with Crippen LogP contribution in [0.3, 0.4) is 0 Å². The van der Waals surface area contributed by atoms with E-state index >= 15 is 0 Å². The molecule has 0 spiro atoms. The molecule has 0 aliphatic heterocycles. The standard InChI is InChI=1S/C44H30N4/c1-3-19-33(20-4-1)47(39-27-13-17-31-15-7-9-23-35(31)39)41-29-30-42(44-43(41)45-37-25-11-12-26-38(37)46-44)48(34-21-5-2-6-22-34)40-28-14-18-32-16-8-10-24-36(32)40/h1-30H. The van der Waals surface area contributed by atoms with Gasteiger partial charge in [-0.05, 0) is 71.4 Å². The molecule has 0 aliphatic carbocycles. The number of benzene rings is 8. The maximum Gasteiger partial charge on any atom is 0.116 e. The highest BCUT2D eigenvalue weighted by atomic mass is 15.2. The second kappa shape index (κ2) is 11.7. The molecule has 4 heteroatoms. The average molecular weight is 615 g/mol. The Labute approximate surface area is 278 Å². The summed E-state index contributed by atoms with van der Waals surface area (Å²) in [5.41, 5.74) is 9.53. The molecule has 0 bridgehead atoms. The Morgan fingerprint density at radius 1 is 0.292 bits per heavy atom. The van der Waals surface area contributed by atoms with Crippen LogP contribution in [0.1, 0.15) is 0 Å². The Morgan fingerprint density at radius 2 is 0.667 bits per heavy atom. The van der Waals surface area contributed by atoms with Gasteiger partial charge in [0.25, 0.3) is 0 Å². The van der Waals surface area contributed by atoms with Crippen molar-refractivity contribution >= 4 is 77.7 Å². The van der Waals surface area contributed by atoms with Crippen LogP contribution in [-0.4, -0.2) is 9.97 Å². The first-order valence-corrected chi connectivity index (χ1v) is 16.2. The van der Waals surface area contributed by atoms with Gasteiger partial charge in [-0.15, -0.1) is 0 Å². The van der Waals surface area contributed by atoms with E-state index in [9.17, 15) is 0 Å². The van der Waals surface area contributed by atoms with Crippen molar-refractivity contribution in [2.75, 3.05) is 9.80 Å². The summed E-state index contributed by atoms with van der Waals surface area (Å²) < 4.78 is 0. The third kappa shape index (κ3) is 4.70. The van der Waals surface area contributed by atoms with Crippen LogP contribution in [-0.2, 0) is 0 Å². The van der Waals surface area contributed by atoms with Gasteiger partial charge in [0.2, 0.25) is 0 Å². The van der Waals surface area contributed by atoms with Gasteiger partial charge in [-0.1, -0.05) is 121 Å². The van der Waals surface area contributed by atoms with E-state index in [1.165, 1.54) is 10.8 Å². The zero-order chi connectivity index (χ0) is 31.9. The zero-order valence-electron chi connectivity index (χ0n) is 26.1. The van der Waals surface area contributed by atoms with E-state index < -0.39 is 0 Å². The lowest BCUT2D eigenvalue weighted by Crippen LogP contribution is -2.15. The largest absolute Gasteiger partial charge is 0.308 e. The van der Waals surface area contributed by atoms with E-state index in [2.05, 4.69) is 168 Å².